The van der Waals surface area contributed by atoms with E-state index in [1.54, 1.807) is 12.0 Å². The van der Waals surface area contributed by atoms with Crippen molar-refractivity contribution >= 4 is 5.91 Å². The summed E-state index contributed by atoms with van der Waals surface area (Å²) in [5.74, 6) is -0.109. The standard InChI is InChI=1S/C8H14N4O2/c1-14-6-7-3-2-4-12(7)8(13)5-10-11-9/h7H,2-6H2,1H3/t7-/m0/s1. The van der Waals surface area contributed by atoms with E-state index >= 15 is 0 Å². The van der Waals surface area contributed by atoms with E-state index in [1.807, 2.05) is 0 Å². The van der Waals surface area contributed by atoms with Gasteiger partial charge in [-0.3, -0.25) is 4.79 Å². The molecule has 0 aromatic carbocycles. The van der Waals surface area contributed by atoms with Crippen molar-refractivity contribution in [2.24, 2.45) is 5.11 Å². The van der Waals surface area contributed by atoms with E-state index in [4.69, 9.17) is 10.3 Å². The summed E-state index contributed by atoms with van der Waals surface area (Å²) in [6.45, 7) is 1.21. The van der Waals surface area contributed by atoms with Crippen LogP contribution in [0.25, 0.3) is 10.4 Å². The van der Waals surface area contributed by atoms with Gasteiger partial charge in [-0.05, 0) is 18.4 Å². The molecule has 1 heterocycles. The summed E-state index contributed by atoms with van der Waals surface area (Å²) in [5.41, 5.74) is 8.09. The van der Waals surface area contributed by atoms with E-state index < -0.39 is 0 Å². The predicted octanol–water partition coefficient (Wildman–Crippen LogP) is 0.934. The van der Waals surface area contributed by atoms with Crippen molar-refractivity contribution in [2.45, 2.75) is 18.9 Å². The third-order valence-electron chi connectivity index (χ3n) is 2.33. The number of nitrogens with zero attached hydrogens (tertiary/aromatic N) is 4. The summed E-state index contributed by atoms with van der Waals surface area (Å²) >= 11 is 0. The number of amides is 1. The molecule has 0 spiro atoms. The van der Waals surface area contributed by atoms with Crippen molar-refractivity contribution in [1.82, 2.24) is 4.90 Å². The zero-order chi connectivity index (χ0) is 10.4. The van der Waals surface area contributed by atoms with Crippen molar-refractivity contribution in [2.75, 3.05) is 26.8 Å². The highest BCUT2D eigenvalue weighted by Crippen LogP contribution is 2.17. The Hall–Kier alpha value is -1.26. The van der Waals surface area contributed by atoms with E-state index in [9.17, 15) is 4.79 Å². The van der Waals surface area contributed by atoms with Gasteiger partial charge in [-0.15, -0.1) is 0 Å². The van der Waals surface area contributed by atoms with E-state index in [2.05, 4.69) is 10.0 Å². The van der Waals surface area contributed by atoms with E-state index in [1.165, 1.54) is 0 Å². The fraction of sp³-hybridized carbons (Fsp3) is 0.875. The average Bonchev–Trinajstić information content (AvgIpc) is 2.63. The van der Waals surface area contributed by atoms with Crippen LogP contribution in [0.2, 0.25) is 0 Å². The minimum atomic E-state index is -0.109. The topological polar surface area (TPSA) is 78.3 Å². The van der Waals surface area contributed by atoms with Crippen molar-refractivity contribution in [3.8, 4) is 0 Å². The highest BCUT2D eigenvalue weighted by molar-refractivity contribution is 5.79. The molecule has 0 aliphatic carbocycles. The number of carbonyl (C=O) groups is 1. The van der Waals surface area contributed by atoms with E-state index in [-0.39, 0.29) is 18.5 Å². The molecule has 6 heteroatoms. The Bertz CT molecular complexity index is 250. The van der Waals surface area contributed by atoms with Crippen LogP contribution in [0.1, 0.15) is 12.8 Å². The van der Waals surface area contributed by atoms with Crippen LogP contribution in [0.4, 0.5) is 0 Å². The van der Waals surface area contributed by atoms with Crippen molar-refractivity contribution in [3.63, 3.8) is 0 Å². The lowest BCUT2D eigenvalue weighted by atomic mass is 10.2. The number of azide groups is 1. The zero-order valence-corrected chi connectivity index (χ0v) is 8.22. The first-order chi connectivity index (χ1) is 6.79. The van der Waals surface area contributed by atoms with Gasteiger partial charge in [0.15, 0.2) is 0 Å². The Balaban J connectivity index is 2.48. The quantitative estimate of drug-likeness (QED) is 0.382. The molecule has 1 saturated heterocycles. The van der Waals surface area contributed by atoms with Gasteiger partial charge in [0.2, 0.25) is 5.91 Å². The maximum atomic E-state index is 11.5. The summed E-state index contributed by atoms with van der Waals surface area (Å²) in [7, 11) is 1.62. The Morgan fingerprint density at radius 3 is 3.21 bits per heavy atom. The maximum absolute atomic E-state index is 11.5. The third kappa shape index (κ3) is 2.61. The molecule has 1 aliphatic rings. The Labute approximate surface area is 82.5 Å². The molecule has 0 saturated carbocycles. The minimum absolute atomic E-state index is 0.0866. The highest BCUT2D eigenvalue weighted by Gasteiger charge is 2.27. The number of hydrogen-bond acceptors (Lipinski definition) is 3. The molecular weight excluding hydrogens is 184 g/mol. The second kappa shape index (κ2) is 5.47. The number of ether oxygens (including phenoxy) is 1. The normalized spacial score (nSPS) is 20.6. The molecule has 0 bridgehead atoms. The number of rotatable bonds is 4. The Morgan fingerprint density at radius 2 is 2.57 bits per heavy atom. The van der Waals surface area contributed by atoms with Crippen LogP contribution < -0.4 is 0 Å². The lowest BCUT2D eigenvalue weighted by Gasteiger charge is -2.23. The molecule has 0 unspecified atom stereocenters. The van der Waals surface area contributed by atoms with Crippen molar-refractivity contribution < 1.29 is 9.53 Å². The van der Waals surface area contributed by atoms with Gasteiger partial charge in [-0.25, -0.2) is 0 Å². The van der Waals surface area contributed by atoms with Crippen LogP contribution in [-0.2, 0) is 9.53 Å². The number of methoxy groups -OCH3 is 1. The third-order valence-corrected chi connectivity index (χ3v) is 2.33. The largest absolute Gasteiger partial charge is 0.383 e. The van der Waals surface area contributed by atoms with Gasteiger partial charge in [0.1, 0.15) is 6.54 Å². The fourth-order valence-corrected chi connectivity index (χ4v) is 1.71. The second-order valence-electron chi connectivity index (χ2n) is 3.23. The number of hydrogen-bond donors (Lipinski definition) is 0. The SMILES string of the molecule is COC[C@@H]1CCCN1C(=O)CN=[N+]=[N-]. The first kappa shape index (κ1) is 10.8. The first-order valence-electron chi connectivity index (χ1n) is 4.59. The molecule has 6 nitrogen and oxygen atoms in total. The molecule has 1 amide bonds. The maximum Gasteiger partial charge on any atom is 0.228 e. The molecule has 78 valence electrons. The van der Waals surface area contributed by atoms with Gasteiger partial charge in [0.25, 0.3) is 0 Å². The molecule has 0 aromatic heterocycles. The molecule has 1 aliphatic heterocycles. The fourth-order valence-electron chi connectivity index (χ4n) is 1.71. The van der Waals surface area contributed by atoms with Crippen LogP contribution >= 0.6 is 0 Å². The second-order valence-corrected chi connectivity index (χ2v) is 3.23. The van der Waals surface area contributed by atoms with Crippen LogP contribution in [0.15, 0.2) is 5.11 Å². The Morgan fingerprint density at radius 1 is 1.79 bits per heavy atom. The van der Waals surface area contributed by atoms with Crippen molar-refractivity contribution in [1.29, 1.82) is 0 Å². The van der Waals surface area contributed by atoms with Crippen molar-refractivity contribution in [3.05, 3.63) is 10.4 Å². The van der Waals surface area contributed by atoms with Gasteiger partial charge in [-0.1, -0.05) is 5.11 Å². The van der Waals surface area contributed by atoms with Gasteiger partial charge < -0.3 is 9.64 Å². The molecule has 1 fully saturated rings. The lowest BCUT2D eigenvalue weighted by Crippen LogP contribution is -2.39. The number of carbonyl (C=O) groups excluding carboxylic acids is 1. The van der Waals surface area contributed by atoms with Gasteiger partial charge in [-0.2, -0.15) is 0 Å². The molecular formula is C8H14N4O2. The zero-order valence-electron chi connectivity index (χ0n) is 8.22. The van der Waals surface area contributed by atoms with Gasteiger partial charge >= 0.3 is 0 Å². The molecule has 0 N–H and O–H groups in total. The molecule has 14 heavy (non-hydrogen) atoms. The first-order valence-corrected chi connectivity index (χ1v) is 4.59. The highest BCUT2D eigenvalue weighted by atomic mass is 16.5. The van der Waals surface area contributed by atoms with Crippen LogP contribution in [0.5, 0.6) is 0 Å². The van der Waals surface area contributed by atoms with Gasteiger partial charge in [0, 0.05) is 18.6 Å². The lowest BCUT2D eigenvalue weighted by molar-refractivity contribution is -0.131. The summed E-state index contributed by atoms with van der Waals surface area (Å²) < 4.78 is 5.01. The van der Waals surface area contributed by atoms with E-state index in [0.717, 1.165) is 19.4 Å². The van der Waals surface area contributed by atoms with Crippen LogP contribution in [0, 0.1) is 0 Å². The predicted molar refractivity (Wildman–Crippen MR) is 50.6 cm³/mol. The molecule has 1 atom stereocenters. The summed E-state index contributed by atoms with van der Waals surface area (Å²) in [6.07, 6.45) is 1.96. The number of likely N-dealkylation sites (tertiary alicyclic amines) is 1. The molecule has 0 radical (unpaired) electrons. The van der Waals surface area contributed by atoms with Crippen LogP contribution in [-0.4, -0.2) is 43.7 Å². The molecule has 0 aromatic rings. The summed E-state index contributed by atoms with van der Waals surface area (Å²) in [5, 5.41) is 3.26. The Kier molecular flexibility index (Phi) is 4.22. The monoisotopic (exact) mass is 198 g/mol. The van der Waals surface area contributed by atoms with Crippen LogP contribution in [0.3, 0.4) is 0 Å². The average molecular weight is 198 g/mol. The summed E-state index contributed by atoms with van der Waals surface area (Å²) in [4.78, 5) is 15.8. The summed E-state index contributed by atoms with van der Waals surface area (Å²) in [6, 6.07) is 0.154. The smallest absolute Gasteiger partial charge is 0.228 e. The minimum Gasteiger partial charge on any atom is -0.383 e. The van der Waals surface area contributed by atoms with E-state index in [0.29, 0.717) is 6.61 Å². The van der Waals surface area contributed by atoms with Gasteiger partial charge in [0.05, 0.1) is 12.6 Å². The molecule has 1 rings (SSSR count).